The third kappa shape index (κ3) is 6.96. The lowest BCUT2D eigenvalue weighted by Gasteiger charge is -2.39. The van der Waals surface area contributed by atoms with Crippen molar-refractivity contribution in [1.29, 1.82) is 0 Å². The third-order valence-corrected chi connectivity index (χ3v) is 10.2. The van der Waals surface area contributed by atoms with Crippen molar-refractivity contribution >= 4 is 29.2 Å². The van der Waals surface area contributed by atoms with Gasteiger partial charge in [0.1, 0.15) is 11.9 Å². The molecule has 6 rings (SSSR count). The predicted octanol–water partition coefficient (Wildman–Crippen LogP) is 7.51. The Morgan fingerprint density at radius 3 is 2.51 bits per heavy atom. The normalized spacial score (nSPS) is 19.6. The van der Waals surface area contributed by atoms with E-state index in [2.05, 4.69) is 54.3 Å². The highest BCUT2D eigenvalue weighted by molar-refractivity contribution is 6.31. The molecule has 0 radical (unpaired) electrons. The van der Waals surface area contributed by atoms with Crippen LogP contribution in [0, 0.1) is 6.92 Å². The van der Waals surface area contributed by atoms with E-state index in [1.165, 1.54) is 11.1 Å². The summed E-state index contributed by atoms with van der Waals surface area (Å²) in [7, 11) is 4.24. The van der Waals surface area contributed by atoms with Crippen molar-refractivity contribution in [3.8, 4) is 0 Å². The molecular formula is C37H46ClN5O2. The quantitative estimate of drug-likeness (QED) is 0.238. The first kappa shape index (κ1) is 31.7. The van der Waals surface area contributed by atoms with Crippen molar-refractivity contribution in [2.45, 2.75) is 89.4 Å². The maximum Gasteiger partial charge on any atom is 0.255 e. The van der Waals surface area contributed by atoms with Crippen LogP contribution in [0.25, 0.3) is 0 Å². The fraction of sp³-hybridized carbons (Fsp3) is 0.486. The van der Waals surface area contributed by atoms with Crippen LogP contribution in [-0.4, -0.2) is 64.7 Å². The van der Waals surface area contributed by atoms with Gasteiger partial charge < -0.3 is 15.1 Å². The lowest BCUT2D eigenvalue weighted by atomic mass is 9.98. The number of unbranched alkanes of at least 4 members (excludes halogenated alkanes) is 1. The summed E-state index contributed by atoms with van der Waals surface area (Å²) in [6.07, 6.45) is 7.24. The van der Waals surface area contributed by atoms with Crippen molar-refractivity contribution < 1.29 is 9.59 Å². The van der Waals surface area contributed by atoms with E-state index in [4.69, 9.17) is 16.6 Å². The SMILES string of the molecule is CCCCC(c1cc(NC(=O)[C@@H]2c3ccccc3C(=O)N2C2CCN(Cc3ccc(Cl)c(C)c3)CC2)nc(C2CC2)c1)N(C)C. The summed E-state index contributed by atoms with van der Waals surface area (Å²) in [4.78, 5) is 39.6. The van der Waals surface area contributed by atoms with Crippen LogP contribution in [0.3, 0.4) is 0 Å². The van der Waals surface area contributed by atoms with Crippen LogP contribution in [0.1, 0.15) is 108 Å². The van der Waals surface area contributed by atoms with Gasteiger partial charge in [-0.05, 0) is 99.6 Å². The molecule has 0 bridgehead atoms. The van der Waals surface area contributed by atoms with Gasteiger partial charge in [0.15, 0.2) is 0 Å². The number of piperidine rings is 1. The zero-order valence-corrected chi connectivity index (χ0v) is 27.8. The summed E-state index contributed by atoms with van der Waals surface area (Å²) in [6, 6.07) is 17.7. The molecule has 2 amide bonds. The summed E-state index contributed by atoms with van der Waals surface area (Å²) in [5.41, 5.74) is 6.00. The number of aryl methyl sites for hydroxylation is 1. The van der Waals surface area contributed by atoms with E-state index < -0.39 is 6.04 Å². The number of hydrogen-bond acceptors (Lipinski definition) is 5. The summed E-state index contributed by atoms with van der Waals surface area (Å²) >= 11 is 6.24. The van der Waals surface area contributed by atoms with Gasteiger partial charge in [-0.25, -0.2) is 4.98 Å². The third-order valence-electron chi connectivity index (χ3n) is 9.78. The van der Waals surface area contributed by atoms with Crippen LogP contribution in [0.4, 0.5) is 5.82 Å². The molecule has 3 aromatic rings. The first-order valence-electron chi connectivity index (χ1n) is 16.6. The minimum Gasteiger partial charge on any atom is -0.319 e. The fourth-order valence-electron chi connectivity index (χ4n) is 7.13. The average molecular weight is 628 g/mol. The van der Waals surface area contributed by atoms with Crippen LogP contribution in [0.5, 0.6) is 0 Å². The number of carbonyl (C=O) groups is 2. The number of hydrogen-bond donors (Lipinski definition) is 1. The Kier molecular flexibility index (Phi) is 9.60. The second-order valence-electron chi connectivity index (χ2n) is 13.4. The van der Waals surface area contributed by atoms with E-state index in [1.54, 1.807) is 0 Å². The van der Waals surface area contributed by atoms with Crippen molar-refractivity contribution in [2.75, 3.05) is 32.5 Å². The topological polar surface area (TPSA) is 68.8 Å². The highest BCUT2D eigenvalue weighted by Crippen LogP contribution is 2.42. The maximum atomic E-state index is 14.2. The number of fused-ring (bicyclic) bond motifs is 1. The van der Waals surface area contributed by atoms with Gasteiger partial charge in [-0.15, -0.1) is 0 Å². The Morgan fingerprint density at radius 2 is 1.82 bits per heavy atom. The molecule has 1 saturated carbocycles. The predicted molar refractivity (Wildman–Crippen MR) is 181 cm³/mol. The van der Waals surface area contributed by atoms with Crippen LogP contribution in [-0.2, 0) is 11.3 Å². The van der Waals surface area contributed by atoms with E-state index >= 15 is 0 Å². The number of carbonyl (C=O) groups excluding carboxylic acids is 2. The molecule has 1 saturated heterocycles. The smallest absolute Gasteiger partial charge is 0.255 e. The first-order valence-corrected chi connectivity index (χ1v) is 17.0. The molecule has 7 nitrogen and oxygen atoms in total. The van der Waals surface area contributed by atoms with Crippen molar-refractivity contribution in [1.82, 2.24) is 19.7 Å². The number of anilines is 1. The molecule has 1 aromatic heterocycles. The number of benzene rings is 2. The molecule has 1 N–H and O–H groups in total. The number of pyridine rings is 1. The molecular weight excluding hydrogens is 582 g/mol. The van der Waals surface area contributed by atoms with Crippen LogP contribution in [0.2, 0.25) is 5.02 Å². The molecule has 2 aliphatic heterocycles. The number of amides is 2. The van der Waals surface area contributed by atoms with Crippen molar-refractivity contribution in [3.63, 3.8) is 0 Å². The highest BCUT2D eigenvalue weighted by Gasteiger charge is 2.45. The highest BCUT2D eigenvalue weighted by atomic mass is 35.5. The van der Waals surface area contributed by atoms with E-state index in [-0.39, 0.29) is 23.9 Å². The van der Waals surface area contributed by atoms with Gasteiger partial charge in [0.05, 0.1) is 0 Å². The van der Waals surface area contributed by atoms with Gasteiger partial charge in [0.2, 0.25) is 0 Å². The monoisotopic (exact) mass is 627 g/mol. The number of rotatable bonds is 11. The fourth-order valence-corrected chi connectivity index (χ4v) is 7.25. The van der Waals surface area contributed by atoms with Crippen LogP contribution in [0.15, 0.2) is 54.6 Å². The summed E-state index contributed by atoms with van der Waals surface area (Å²) in [5, 5.41) is 3.98. The Balaban J connectivity index is 1.22. The molecule has 3 heterocycles. The molecule has 2 aromatic carbocycles. The number of halogens is 1. The van der Waals surface area contributed by atoms with Gasteiger partial charge in [0, 0.05) is 53.9 Å². The standard InChI is InChI=1S/C37H46ClN5O2/c1-5-6-11-33(41(3)4)27-21-32(26-13-14-26)39-34(22-27)40-36(44)35-29-9-7-8-10-30(29)37(45)43(35)28-16-18-42(19-17-28)23-25-12-15-31(38)24(2)20-25/h7-10,12,15,20-22,26,28,33,35H,5-6,11,13-14,16-19,23H2,1-4H3,(H,39,40,44)/t33?,35-/m0/s1. The lowest BCUT2D eigenvalue weighted by molar-refractivity contribution is -0.121. The second-order valence-corrected chi connectivity index (χ2v) is 13.8. The number of nitrogens with one attached hydrogen (secondary N) is 1. The van der Waals surface area contributed by atoms with E-state index in [0.29, 0.717) is 17.3 Å². The molecule has 8 heteroatoms. The van der Waals surface area contributed by atoms with Crippen LogP contribution < -0.4 is 5.32 Å². The zero-order valence-electron chi connectivity index (χ0n) is 27.1. The van der Waals surface area contributed by atoms with Crippen LogP contribution >= 0.6 is 11.6 Å². The summed E-state index contributed by atoms with van der Waals surface area (Å²) in [5.74, 6) is 0.813. The maximum absolute atomic E-state index is 14.2. The lowest BCUT2D eigenvalue weighted by Crippen LogP contribution is -2.48. The summed E-state index contributed by atoms with van der Waals surface area (Å²) < 4.78 is 0. The van der Waals surface area contributed by atoms with Gasteiger partial charge in [-0.1, -0.05) is 61.7 Å². The first-order chi connectivity index (χ1) is 21.7. The summed E-state index contributed by atoms with van der Waals surface area (Å²) in [6.45, 7) is 6.82. The molecule has 2 atom stereocenters. The minimum atomic E-state index is -0.677. The van der Waals surface area contributed by atoms with Gasteiger partial charge in [0.25, 0.3) is 11.8 Å². The molecule has 2 fully saturated rings. The Bertz CT molecular complexity index is 1550. The van der Waals surface area contributed by atoms with Crippen molar-refractivity contribution in [2.24, 2.45) is 0 Å². The molecule has 45 heavy (non-hydrogen) atoms. The van der Waals surface area contributed by atoms with E-state index in [1.807, 2.05) is 48.2 Å². The second kappa shape index (κ2) is 13.6. The molecule has 0 spiro atoms. The van der Waals surface area contributed by atoms with Gasteiger partial charge >= 0.3 is 0 Å². The van der Waals surface area contributed by atoms with E-state index in [0.717, 1.165) is 86.4 Å². The Labute approximate surface area is 273 Å². The molecule has 3 aliphatic rings. The van der Waals surface area contributed by atoms with Gasteiger partial charge in [-0.2, -0.15) is 0 Å². The molecule has 238 valence electrons. The van der Waals surface area contributed by atoms with E-state index in [9.17, 15) is 9.59 Å². The Hall–Kier alpha value is -3.26. The van der Waals surface area contributed by atoms with Gasteiger partial charge in [-0.3, -0.25) is 14.5 Å². The number of nitrogens with zero attached hydrogens (tertiary/aromatic N) is 4. The average Bonchev–Trinajstić information content (AvgIpc) is 3.83. The molecule has 1 unspecified atom stereocenters. The number of aromatic nitrogens is 1. The largest absolute Gasteiger partial charge is 0.319 e. The number of likely N-dealkylation sites (tertiary alicyclic amines) is 1. The Morgan fingerprint density at radius 1 is 1.07 bits per heavy atom. The minimum absolute atomic E-state index is 0.0164. The molecule has 1 aliphatic carbocycles. The zero-order chi connectivity index (χ0) is 31.7. The van der Waals surface area contributed by atoms with Crippen molar-refractivity contribution in [3.05, 3.63) is 93.1 Å².